The summed E-state index contributed by atoms with van der Waals surface area (Å²) in [6.45, 7) is 2.17. The summed E-state index contributed by atoms with van der Waals surface area (Å²) in [6, 6.07) is 0. The Morgan fingerprint density at radius 2 is 2.47 bits per heavy atom. The van der Waals surface area contributed by atoms with Crippen LogP contribution < -0.4 is 5.32 Å². The molecule has 0 fully saturated rings. The van der Waals surface area contributed by atoms with Crippen LogP contribution in [0.1, 0.15) is 6.92 Å². The zero-order chi connectivity index (χ0) is 10.8. The van der Waals surface area contributed by atoms with E-state index in [1.54, 1.807) is 6.92 Å². The second kappa shape index (κ2) is 4.10. The summed E-state index contributed by atoms with van der Waals surface area (Å²) in [5.74, 6) is -0.320. The van der Waals surface area contributed by atoms with Gasteiger partial charge < -0.3 is 15.0 Å². The third-order valence-corrected chi connectivity index (χ3v) is 2.80. The Bertz CT molecular complexity index is 374. The normalized spacial score (nSPS) is 22.8. The molecule has 80 valence electrons. The molecule has 0 aliphatic carbocycles. The monoisotopic (exact) mass is 270 g/mol. The lowest BCUT2D eigenvalue weighted by Crippen LogP contribution is -2.29. The molecule has 1 N–H and O–H groups in total. The smallest absolute Gasteiger partial charge is 0.356 e. The van der Waals surface area contributed by atoms with E-state index in [0.29, 0.717) is 12.3 Å². The fraction of sp³-hybridized carbons (Fsp3) is 0.300. The van der Waals surface area contributed by atoms with E-state index in [-0.39, 0.29) is 11.0 Å². The van der Waals surface area contributed by atoms with Gasteiger partial charge in [-0.2, -0.15) is 0 Å². The number of allylic oxidation sites excluding steroid dienone is 3. The first-order valence-corrected chi connectivity index (χ1v) is 5.61. The molecule has 0 radical (unpaired) electrons. The SMILES string of the molecule is CCOC(=O)C1=C2C=CC=CN2C(Br)N1. The lowest BCUT2D eigenvalue weighted by atomic mass is 10.2. The van der Waals surface area contributed by atoms with Crippen LogP contribution in [0.4, 0.5) is 0 Å². The third-order valence-electron chi connectivity index (χ3n) is 2.13. The maximum atomic E-state index is 11.6. The van der Waals surface area contributed by atoms with Crippen molar-refractivity contribution in [3.8, 4) is 0 Å². The van der Waals surface area contributed by atoms with Gasteiger partial charge in [0.25, 0.3) is 0 Å². The van der Waals surface area contributed by atoms with Crippen molar-refractivity contribution >= 4 is 21.9 Å². The van der Waals surface area contributed by atoms with Gasteiger partial charge in [0.05, 0.1) is 12.3 Å². The van der Waals surface area contributed by atoms with Crippen LogP contribution in [0.25, 0.3) is 0 Å². The van der Waals surface area contributed by atoms with Crippen molar-refractivity contribution in [2.24, 2.45) is 0 Å². The molecular formula is C10H11BrN2O2. The van der Waals surface area contributed by atoms with E-state index < -0.39 is 0 Å². The minimum atomic E-state index is -0.320. The van der Waals surface area contributed by atoms with Gasteiger partial charge in [-0.15, -0.1) is 0 Å². The van der Waals surface area contributed by atoms with Gasteiger partial charge in [-0.25, -0.2) is 4.79 Å². The number of hydrogen-bond acceptors (Lipinski definition) is 4. The Morgan fingerprint density at radius 3 is 3.20 bits per heavy atom. The van der Waals surface area contributed by atoms with Crippen molar-refractivity contribution in [3.05, 3.63) is 35.8 Å². The maximum Gasteiger partial charge on any atom is 0.356 e. The summed E-state index contributed by atoms with van der Waals surface area (Å²) < 4.78 is 4.96. The molecule has 0 amide bonds. The Balaban J connectivity index is 2.28. The standard InChI is InChI=1S/C10H11BrN2O2/c1-2-15-9(14)8-7-5-3-4-6-13(7)10(11)12-8/h3-6,10,12H,2H2,1H3. The first-order valence-electron chi connectivity index (χ1n) is 4.69. The molecule has 0 spiro atoms. The molecule has 0 aromatic rings. The zero-order valence-corrected chi connectivity index (χ0v) is 9.82. The largest absolute Gasteiger partial charge is 0.461 e. The highest BCUT2D eigenvalue weighted by molar-refractivity contribution is 9.09. The van der Waals surface area contributed by atoms with Crippen LogP contribution in [0.2, 0.25) is 0 Å². The number of esters is 1. The van der Waals surface area contributed by atoms with Gasteiger partial charge in [-0.3, -0.25) is 0 Å². The van der Waals surface area contributed by atoms with Gasteiger partial charge in [-0.05, 0) is 35.0 Å². The summed E-state index contributed by atoms with van der Waals surface area (Å²) in [5.41, 5.74) is 1.33. The molecule has 2 rings (SSSR count). The summed E-state index contributed by atoms with van der Waals surface area (Å²) >= 11 is 3.42. The third kappa shape index (κ3) is 1.79. The van der Waals surface area contributed by atoms with Gasteiger partial charge in [0, 0.05) is 6.20 Å². The molecule has 5 heteroatoms. The number of carbonyl (C=O) groups is 1. The molecule has 0 aromatic carbocycles. The Morgan fingerprint density at radius 1 is 1.67 bits per heavy atom. The van der Waals surface area contributed by atoms with Crippen molar-refractivity contribution in [1.29, 1.82) is 0 Å². The van der Waals surface area contributed by atoms with Crippen molar-refractivity contribution < 1.29 is 9.53 Å². The maximum absolute atomic E-state index is 11.6. The summed E-state index contributed by atoms with van der Waals surface area (Å²) in [7, 11) is 0. The molecule has 0 bridgehead atoms. The highest BCUT2D eigenvalue weighted by Gasteiger charge is 2.31. The van der Waals surface area contributed by atoms with Gasteiger partial charge in [0.2, 0.25) is 0 Å². The zero-order valence-electron chi connectivity index (χ0n) is 8.24. The predicted octanol–water partition coefficient (Wildman–Crippen LogP) is 1.43. The molecule has 15 heavy (non-hydrogen) atoms. The summed E-state index contributed by atoms with van der Waals surface area (Å²) in [4.78, 5) is 13.5. The summed E-state index contributed by atoms with van der Waals surface area (Å²) in [5, 5.41) is 2.94. The molecule has 2 aliphatic rings. The van der Waals surface area contributed by atoms with Crippen LogP contribution in [0.3, 0.4) is 0 Å². The van der Waals surface area contributed by atoms with Gasteiger partial charge in [-0.1, -0.05) is 6.08 Å². The van der Waals surface area contributed by atoms with Crippen LogP contribution in [-0.2, 0) is 9.53 Å². The van der Waals surface area contributed by atoms with Crippen LogP contribution in [0.15, 0.2) is 35.8 Å². The minimum Gasteiger partial charge on any atom is -0.461 e. The van der Waals surface area contributed by atoms with Crippen molar-refractivity contribution in [2.45, 2.75) is 12.0 Å². The van der Waals surface area contributed by atoms with Gasteiger partial charge in [0.1, 0.15) is 5.70 Å². The number of fused-ring (bicyclic) bond motifs is 1. The van der Waals surface area contributed by atoms with E-state index in [1.165, 1.54) is 0 Å². The average molecular weight is 271 g/mol. The first-order chi connectivity index (χ1) is 7.24. The average Bonchev–Trinajstić information content (AvgIpc) is 2.58. The number of nitrogens with zero attached hydrogens (tertiary/aromatic N) is 1. The number of nitrogens with one attached hydrogen (secondary N) is 1. The Labute approximate surface area is 96.4 Å². The van der Waals surface area contributed by atoms with Crippen molar-refractivity contribution in [2.75, 3.05) is 6.61 Å². The number of alkyl halides is 1. The Hall–Kier alpha value is -1.23. The molecular weight excluding hydrogens is 260 g/mol. The molecule has 4 nitrogen and oxygen atoms in total. The molecule has 2 heterocycles. The Kier molecular flexibility index (Phi) is 2.81. The topological polar surface area (TPSA) is 41.6 Å². The van der Waals surface area contributed by atoms with Crippen LogP contribution in [0.5, 0.6) is 0 Å². The van der Waals surface area contributed by atoms with E-state index in [4.69, 9.17) is 4.74 Å². The lowest BCUT2D eigenvalue weighted by molar-refractivity contribution is -0.138. The summed E-state index contributed by atoms with van der Waals surface area (Å²) in [6.07, 6.45) is 7.57. The van der Waals surface area contributed by atoms with Crippen molar-refractivity contribution in [1.82, 2.24) is 10.2 Å². The molecule has 1 atom stereocenters. The van der Waals surface area contributed by atoms with Gasteiger partial charge >= 0.3 is 5.97 Å². The van der Waals surface area contributed by atoms with E-state index in [0.717, 1.165) is 5.70 Å². The number of hydrogen-bond donors (Lipinski definition) is 1. The first kappa shape index (κ1) is 10.3. The van der Waals surface area contributed by atoms with Crippen LogP contribution >= 0.6 is 15.9 Å². The van der Waals surface area contributed by atoms with Crippen molar-refractivity contribution in [3.63, 3.8) is 0 Å². The molecule has 1 unspecified atom stereocenters. The fourth-order valence-electron chi connectivity index (χ4n) is 1.49. The van der Waals surface area contributed by atoms with Gasteiger partial charge in [0.15, 0.2) is 5.08 Å². The van der Waals surface area contributed by atoms with E-state index in [1.807, 2.05) is 29.3 Å². The fourth-order valence-corrected chi connectivity index (χ4v) is 2.08. The number of halogens is 1. The molecule has 0 saturated carbocycles. The molecule has 0 aromatic heterocycles. The second-order valence-electron chi connectivity index (χ2n) is 3.07. The second-order valence-corrected chi connectivity index (χ2v) is 3.94. The molecule has 0 saturated heterocycles. The molecule has 2 aliphatic heterocycles. The number of rotatable bonds is 2. The van der Waals surface area contributed by atoms with Crippen LogP contribution in [0, 0.1) is 0 Å². The number of ether oxygens (including phenoxy) is 1. The highest BCUT2D eigenvalue weighted by Crippen LogP contribution is 2.27. The van der Waals surface area contributed by atoms with E-state index in [2.05, 4.69) is 21.2 Å². The highest BCUT2D eigenvalue weighted by atomic mass is 79.9. The predicted molar refractivity (Wildman–Crippen MR) is 59.6 cm³/mol. The number of carbonyl (C=O) groups excluding carboxylic acids is 1. The van der Waals surface area contributed by atoms with Crippen LogP contribution in [-0.4, -0.2) is 22.6 Å². The van der Waals surface area contributed by atoms with E-state index in [9.17, 15) is 4.79 Å². The lowest BCUT2D eigenvalue weighted by Gasteiger charge is -2.20. The quantitative estimate of drug-likeness (QED) is 0.468. The minimum absolute atomic E-state index is 0.0897. The van der Waals surface area contributed by atoms with E-state index >= 15 is 0 Å².